The van der Waals surface area contributed by atoms with E-state index in [0.29, 0.717) is 11.6 Å². The highest BCUT2D eigenvalue weighted by molar-refractivity contribution is 5.88. The molecule has 0 atom stereocenters. The Balaban J connectivity index is 2.60. The molecule has 98 valence electrons. The first-order valence-electron chi connectivity index (χ1n) is 5.70. The topological polar surface area (TPSA) is 37.3 Å². The molecule has 0 aliphatic heterocycles. The van der Waals surface area contributed by atoms with Gasteiger partial charge in [-0.2, -0.15) is 0 Å². The van der Waals surface area contributed by atoms with Crippen molar-refractivity contribution < 1.29 is 18.7 Å². The van der Waals surface area contributed by atoms with Crippen LogP contribution in [0.1, 0.15) is 21.5 Å². The van der Waals surface area contributed by atoms with E-state index in [1.54, 1.807) is 12.1 Å². The molecule has 2 aromatic carbocycles. The summed E-state index contributed by atoms with van der Waals surface area (Å²) in [6.45, 7) is 3.79. The highest BCUT2D eigenvalue weighted by atomic mass is 19.1. The quantitative estimate of drug-likeness (QED) is 0.889. The standard InChI is InChI=1S/C15H12F2O2/c1-8-3-4-10(5-9(8)2)11-6-14(17)12(15(18)19)7-13(11)16/h3-7H,1-2H3,(H,18,19). The number of aromatic carboxylic acids is 1. The second-order valence-corrected chi connectivity index (χ2v) is 4.42. The Morgan fingerprint density at radius 1 is 1.00 bits per heavy atom. The molecule has 0 fully saturated rings. The lowest BCUT2D eigenvalue weighted by Gasteiger charge is -2.08. The second-order valence-electron chi connectivity index (χ2n) is 4.42. The Morgan fingerprint density at radius 2 is 1.68 bits per heavy atom. The van der Waals surface area contributed by atoms with Crippen molar-refractivity contribution in [2.24, 2.45) is 0 Å². The molecule has 2 nitrogen and oxygen atoms in total. The highest BCUT2D eigenvalue weighted by Crippen LogP contribution is 2.27. The van der Waals surface area contributed by atoms with E-state index in [0.717, 1.165) is 17.2 Å². The molecule has 0 aromatic heterocycles. The molecule has 0 saturated heterocycles. The zero-order chi connectivity index (χ0) is 14.2. The maximum absolute atomic E-state index is 13.9. The van der Waals surface area contributed by atoms with Crippen LogP contribution in [-0.4, -0.2) is 11.1 Å². The van der Waals surface area contributed by atoms with Gasteiger partial charge in [0.15, 0.2) is 0 Å². The van der Waals surface area contributed by atoms with Gasteiger partial charge in [-0.1, -0.05) is 18.2 Å². The number of carboxylic acid groups (broad SMARTS) is 1. The average Bonchev–Trinajstić information content (AvgIpc) is 2.35. The van der Waals surface area contributed by atoms with Gasteiger partial charge in [0.05, 0.1) is 5.56 Å². The molecular formula is C15H12F2O2. The minimum atomic E-state index is -1.48. The van der Waals surface area contributed by atoms with E-state index in [1.165, 1.54) is 0 Å². The molecule has 0 bridgehead atoms. The first-order valence-corrected chi connectivity index (χ1v) is 5.70. The van der Waals surface area contributed by atoms with Gasteiger partial charge in [0.2, 0.25) is 0 Å². The van der Waals surface area contributed by atoms with Gasteiger partial charge < -0.3 is 5.11 Å². The molecule has 4 heteroatoms. The molecule has 19 heavy (non-hydrogen) atoms. The van der Waals surface area contributed by atoms with Crippen LogP contribution in [0, 0.1) is 25.5 Å². The molecular weight excluding hydrogens is 250 g/mol. The smallest absolute Gasteiger partial charge is 0.338 e. The van der Waals surface area contributed by atoms with Crippen LogP contribution < -0.4 is 0 Å². The fourth-order valence-electron chi connectivity index (χ4n) is 1.84. The van der Waals surface area contributed by atoms with Crippen LogP contribution in [-0.2, 0) is 0 Å². The zero-order valence-electron chi connectivity index (χ0n) is 10.5. The minimum Gasteiger partial charge on any atom is -0.478 e. The van der Waals surface area contributed by atoms with Crippen molar-refractivity contribution >= 4 is 5.97 Å². The van der Waals surface area contributed by atoms with Gasteiger partial charge in [0, 0.05) is 5.56 Å². The Hall–Kier alpha value is -2.23. The van der Waals surface area contributed by atoms with Gasteiger partial charge >= 0.3 is 5.97 Å². The molecule has 0 amide bonds. The third kappa shape index (κ3) is 2.47. The summed E-state index contributed by atoms with van der Waals surface area (Å²) >= 11 is 0. The predicted molar refractivity (Wildman–Crippen MR) is 68.2 cm³/mol. The van der Waals surface area contributed by atoms with E-state index in [9.17, 15) is 13.6 Å². The third-order valence-electron chi connectivity index (χ3n) is 3.11. The van der Waals surface area contributed by atoms with E-state index >= 15 is 0 Å². The summed E-state index contributed by atoms with van der Waals surface area (Å²) < 4.78 is 27.5. The lowest BCUT2D eigenvalue weighted by atomic mass is 9.99. The number of hydrogen-bond donors (Lipinski definition) is 1. The van der Waals surface area contributed by atoms with Crippen molar-refractivity contribution in [1.29, 1.82) is 0 Å². The fourth-order valence-corrected chi connectivity index (χ4v) is 1.84. The summed E-state index contributed by atoms with van der Waals surface area (Å²) in [5.74, 6) is -3.17. The maximum atomic E-state index is 13.9. The number of carbonyl (C=O) groups is 1. The van der Waals surface area contributed by atoms with E-state index in [2.05, 4.69) is 0 Å². The van der Waals surface area contributed by atoms with Crippen molar-refractivity contribution in [3.05, 3.63) is 58.7 Å². The number of rotatable bonds is 2. The summed E-state index contributed by atoms with van der Waals surface area (Å²) in [5.41, 5.74) is 1.93. The second kappa shape index (κ2) is 4.80. The first kappa shape index (κ1) is 13.2. The fraction of sp³-hybridized carbons (Fsp3) is 0.133. The molecule has 0 unspecified atom stereocenters. The summed E-state index contributed by atoms with van der Waals surface area (Å²) in [5, 5.41) is 8.73. The highest BCUT2D eigenvalue weighted by Gasteiger charge is 2.16. The SMILES string of the molecule is Cc1ccc(-c2cc(F)c(C(=O)O)cc2F)cc1C. The molecule has 2 rings (SSSR count). The van der Waals surface area contributed by atoms with Gasteiger partial charge in [0.25, 0.3) is 0 Å². The summed E-state index contributed by atoms with van der Waals surface area (Å²) in [7, 11) is 0. The average molecular weight is 262 g/mol. The first-order chi connectivity index (χ1) is 8.90. The van der Waals surface area contributed by atoms with Crippen LogP contribution in [0.25, 0.3) is 11.1 Å². The van der Waals surface area contributed by atoms with Gasteiger partial charge in [-0.05, 0) is 42.7 Å². The Morgan fingerprint density at radius 3 is 2.26 bits per heavy atom. The van der Waals surface area contributed by atoms with E-state index in [4.69, 9.17) is 5.11 Å². The number of aryl methyl sites for hydroxylation is 2. The van der Waals surface area contributed by atoms with Crippen molar-refractivity contribution in [3.63, 3.8) is 0 Å². The number of hydrogen-bond acceptors (Lipinski definition) is 1. The molecule has 2 aromatic rings. The van der Waals surface area contributed by atoms with Gasteiger partial charge in [0.1, 0.15) is 11.6 Å². The van der Waals surface area contributed by atoms with Crippen molar-refractivity contribution in [3.8, 4) is 11.1 Å². The van der Waals surface area contributed by atoms with Crippen LogP contribution in [0.15, 0.2) is 30.3 Å². The largest absolute Gasteiger partial charge is 0.478 e. The van der Waals surface area contributed by atoms with Crippen LogP contribution in [0.5, 0.6) is 0 Å². The molecule has 1 N–H and O–H groups in total. The Bertz CT molecular complexity index is 663. The zero-order valence-corrected chi connectivity index (χ0v) is 10.5. The molecule has 0 spiro atoms. The van der Waals surface area contributed by atoms with Gasteiger partial charge in [-0.25, -0.2) is 13.6 Å². The minimum absolute atomic E-state index is 0.0607. The van der Waals surface area contributed by atoms with Crippen LogP contribution in [0.2, 0.25) is 0 Å². The lowest BCUT2D eigenvalue weighted by Crippen LogP contribution is -2.02. The molecule has 0 radical (unpaired) electrons. The molecule has 0 aliphatic carbocycles. The number of benzene rings is 2. The van der Waals surface area contributed by atoms with Crippen LogP contribution in [0.3, 0.4) is 0 Å². The monoisotopic (exact) mass is 262 g/mol. The van der Waals surface area contributed by atoms with E-state index in [-0.39, 0.29) is 5.56 Å². The predicted octanol–water partition coefficient (Wildman–Crippen LogP) is 3.95. The van der Waals surface area contributed by atoms with Crippen LogP contribution >= 0.6 is 0 Å². The summed E-state index contributed by atoms with van der Waals surface area (Å²) in [6, 6.07) is 6.87. The Labute approximate surface area is 109 Å². The van der Waals surface area contributed by atoms with Crippen molar-refractivity contribution in [1.82, 2.24) is 0 Å². The molecule has 0 heterocycles. The van der Waals surface area contributed by atoms with Gasteiger partial charge in [-0.15, -0.1) is 0 Å². The molecule has 0 saturated carbocycles. The molecule has 0 aliphatic rings. The number of halogens is 2. The maximum Gasteiger partial charge on any atom is 0.338 e. The van der Waals surface area contributed by atoms with Crippen molar-refractivity contribution in [2.75, 3.05) is 0 Å². The van der Waals surface area contributed by atoms with E-state index < -0.39 is 23.2 Å². The van der Waals surface area contributed by atoms with Gasteiger partial charge in [-0.3, -0.25) is 0 Å². The Kier molecular flexibility index (Phi) is 3.34. The van der Waals surface area contributed by atoms with E-state index in [1.807, 2.05) is 19.9 Å². The van der Waals surface area contributed by atoms with Crippen molar-refractivity contribution in [2.45, 2.75) is 13.8 Å². The normalized spacial score (nSPS) is 10.5. The third-order valence-corrected chi connectivity index (χ3v) is 3.11. The van der Waals surface area contributed by atoms with Crippen LogP contribution in [0.4, 0.5) is 8.78 Å². The summed E-state index contributed by atoms with van der Waals surface area (Å²) in [6.07, 6.45) is 0. The summed E-state index contributed by atoms with van der Waals surface area (Å²) in [4.78, 5) is 10.7. The number of carboxylic acids is 1. The lowest BCUT2D eigenvalue weighted by molar-refractivity contribution is 0.0691.